The first-order valence-corrected chi connectivity index (χ1v) is 5.22. The zero-order valence-corrected chi connectivity index (χ0v) is 8.62. The number of aryl methyl sites for hydroxylation is 1. The molecule has 1 aliphatic rings. The van der Waals surface area contributed by atoms with Crippen molar-refractivity contribution in [2.45, 2.75) is 25.2 Å². The van der Waals surface area contributed by atoms with Crippen LogP contribution >= 0.6 is 0 Å². The van der Waals surface area contributed by atoms with Gasteiger partial charge in [0.1, 0.15) is 5.75 Å². The van der Waals surface area contributed by atoms with Crippen LogP contribution in [0.25, 0.3) is 0 Å². The van der Waals surface area contributed by atoms with E-state index in [0.29, 0.717) is 5.92 Å². The highest BCUT2D eigenvalue weighted by molar-refractivity contribution is 5.39. The van der Waals surface area contributed by atoms with Crippen molar-refractivity contribution in [3.05, 3.63) is 29.3 Å². The smallest absolute Gasteiger partial charge is 0.119 e. The predicted octanol–water partition coefficient (Wildman–Crippen LogP) is 2.07. The zero-order valence-electron chi connectivity index (χ0n) is 8.62. The van der Waals surface area contributed by atoms with E-state index in [1.165, 1.54) is 30.4 Å². The van der Waals surface area contributed by atoms with Crippen molar-refractivity contribution in [1.82, 2.24) is 0 Å². The Morgan fingerprint density at radius 3 is 3.07 bits per heavy atom. The predicted molar refractivity (Wildman–Crippen MR) is 57.7 cm³/mol. The van der Waals surface area contributed by atoms with E-state index in [1.54, 1.807) is 7.11 Å². The first kappa shape index (κ1) is 9.53. The van der Waals surface area contributed by atoms with Crippen molar-refractivity contribution in [3.8, 4) is 5.75 Å². The number of rotatable bonds is 2. The van der Waals surface area contributed by atoms with Gasteiger partial charge in [-0.25, -0.2) is 0 Å². The Kier molecular flexibility index (Phi) is 2.73. The van der Waals surface area contributed by atoms with Crippen LogP contribution < -0.4 is 10.5 Å². The molecule has 1 atom stereocenters. The lowest BCUT2D eigenvalue weighted by Crippen LogP contribution is -2.18. The summed E-state index contributed by atoms with van der Waals surface area (Å²) in [6.45, 7) is 0.750. The Balaban J connectivity index is 2.38. The summed E-state index contributed by atoms with van der Waals surface area (Å²) in [5.74, 6) is 1.48. The second kappa shape index (κ2) is 4.01. The van der Waals surface area contributed by atoms with E-state index in [4.69, 9.17) is 10.5 Å². The third-order valence-corrected chi connectivity index (χ3v) is 3.08. The van der Waals surface area contributed by atoms with Crippen molar-refractivity contribution < 1.29 is 4.74 Å². The van der Waals surface area contributed by atoms with Crippen LogP contribution in [-0.4, -0.2) is 13.7 Å². The highest BCUT2D eigenvalue weighted by atomic mass is 16.5. The molecule has 2 rings (SSSR count). The molecular formula is C12H17NO. The zero-order chi connectivity index (χ0) is 9.97. The molecule has 1 aromatic carbocycles. The summed E-state index contributed by atoms with van der Waals surface area (Å²) in [5.41, 5.74) is 8.62. The molecule has 0 fully saturated rings. The van der Waals surface area contributed by atoms with Crippen molar-refractivity contribution in [1.29, 1.82) is 0 Å². The molecule has 0 spiro atoms. The van der Waals surface area contributed by atoms with Gasteiger partial charge in [0.2, 0.25) is 0 Å². The minimum absolute atomic E-state index is 0.536. The number of benzene rings is 1. The van der Waals surface area contributed by atoms with Gasteiger partial charge in [-0.3, -0.25) is 0 Å². The van der Waals surface area contributed by atoms with Crippen LogP contribution in [0.15, 0.2) is 18.2 Å². The quantitative estimate of drug-likeness (QED) is 0.776. The summed E-state index contributed by atoms with van der Waals surface area (Å²) in [5, 5.41) is 0. The summed E-state index contributed by atoms with van der Waals surface area (Å²) in [6.07, 6.45) is 3.67. The van der Waals surface area contributed by atoms with E-state index in [-0.39, 0.29) is 0 Å². The molecule has 1 aromatic rings. The molecule has 0 aromatic heterocycles. The lowest BCUT2D eigenvalue weighted by atomic mass is 9.83. The maximum Gasteiger partial charge on any atom is 0.119 e. The minimum atomic E-state index is 0.536. The number of methoxy groups -OCH3 is 1. The van der Waals surface area contributed by atoms with Crippen molar-refractivity contribution in [2.24, 2.45) is 5.73 Å². The third-order valence-electron chi connectivity index (χ3n) is 3.08. The molecule has 0 radical (unpaired) electrons. The maximum atomic E-state index is 5.77. The van der Waals surface area contributed by atoms with Gasteiger partial charge in [-0.15, -0.1) is 0 Å². The van der Waals surface area contributed by atoms with Crippen LogP contribution in [0, 0.1) is 0 Å². The molecule has 2 heteroatoms. The van der Waals surface area contributed by atoms with Gasteiger partial charge >= 0.3 is 0 Å². The van der Waals surface area contributed by atoms with Crippen LogP contribution in [0.3, 0.4) is 0 Å². The lowest BCUT2D eigenvalue weighted by Gasteiger charge is -2.24. The molecule has 0 saturated heterocycles. The number of hydrogen-bond acceptors (Lipinski definition) is 2. The van der Waals surface area contributed by atoms with Crippen molar-refractivity contribution in [3.63, 3.8) is 0 Å². The van der Waals surface area contributed by atoms with Gasteiger partial charge < -0.3 is 10.5 Å². The molecular weight excluding hydrogens is 174 g/mol. The molecule has 76 valence electrons. The molecule has 0 amide bonds. The second-order valence-electron chi connectivity index (χ2n) is 3.89. The van der Waals surface area contributed by atoms with Gasteiger partial charge in [-0.1, -0.05) is 6.07 Å². The van der Waals surface area contributed by atoms with Crippen LogP contribution in [0.4, 0.5) is 0 Å². The summed E-state index contributed by atoms with van der Waals surface area (Å²) in [4.78, 5) is 0. The third kappa shape index (κ3) is 1.62. The molecule has 0 bridgehead atoms. The fraction of sp³-hybridized carbons (Fsp3) is 0.500. The molecule has 1 aliphatic carbocycles. The van der Waals surface area contributed by atoms with Gasteiger partial charge in [0.15, 0.2) is 0 Å². The molecule has 14 heavy (non-hydrogen) atoms. The Hall–Kier alpha value is -1.02. The highest BCUT2D eigenvalue weighted by Gasteiger charge is 2.19. The number of nitrogens with two attached hydrogens (primary N) is 1. The van der Waals surface area contributed by atoms with E-state index in [2.05, 4.69) is 12.1 Å². The first-order valence-electron chi connectivity index (χ1n) is 5.22. The largest absolute Gasteiger partial charge is 0.497 e. The average Bonchev–Trinajstić information content (AvgIpc) is 2.27. The number of fused-ring (bicyclic) bond motifs is 1. The van der Waals surface area contributed by atoms with Gasteiger partial charge in [0, 0.05) is 0 Å². The van der Waals surface area contributed by atoms with Crippen molar-refractivity contribution in [2.75, 3.05) is 13.7 Å². The molecule has 2 N–H and O–H groups in total. The van der Waals surface area contributed by atoms with Gasteiger partial charge in [0.25, 0.3) is 0 Å². The Bertz CT molecular complexity index is 322. The fourth-order valence-corrected chi connectivity index (χ4v) is 2.25. The van der Waals surface area contributed by atoms with E-state index in [0.717, 1.165) is 12.3 Å². The Morgan fingerprint density at radius 2 is 2.36 bits per heavy atom. The van der Waals surface area contributed by atoms with Crippen molar-refractivity contribution >= 4 is 0 Å². The Morgan fingerprint density at radius 1 is 1.50 bits per heavy atom. The second-order valence-corrected chi connectivity index (χ2v) is 3.89. The topological polar surface area (TPSA) is 35.2 Å². The normalized spacial score (nSPS) is 20.3. The summed E-state index contributed by atoms with van der Waals surface area (Å²) in [7, 11) is 1.71. The van der Waals surface area contributed by atoms with Crippen LogP contribution in [0.2, 0.25) is 0 Å². The van der Waals surface area contributed by atoms with Crippen LogP contribution in [0.1, 0.15) is 29.9 Å². The average molecular weight is 191 g/mol. The summed E-state index contributed by atoms with van der Waals surface area (Å²) < 4.78 is 5.23. The van der Waals surface area contributed by atoms with Gasteiger partial charge in [-0.05, 0) is 55.0 Å². The van der Waals surface area contributed by atoms with Gasteiger partial charge in [-0.2, -0.15) is 0 Å². The maximum absolute atomic E-state index is 5.77. The van der Waals surface area contributed by atoms with E-state index in [1.807, 2.05) is 6.07 Å². The standard InChI is InChI=1S/C12H17NO/c1-14-11-6-5-9-3-2-4-10(8-13)12(9)7-11/h5-7,10H,2-4,8,13H2,1H3/t10-/m0/s1. The monoisotopic (exact) mass is 191 g/mol. The fourth-order valence-electron chi connectivity index (χ4n) is 2.25. The van der Waals surface area contributed by atoms with E-state index >= 15 is 0 Å². The van der Waals surface area contributed by atoms with Gasteiger partial charge in [0.05, 0.1) is 7.11 Å². The molecule has 0 aliphatic heterocycles. The number of ether oxygens (including phenoxy) is 1. The lowest BCUT2D eigenvalue weighted by molar-refractivity contribution is 0.412. The number of hydrogen-bond donors (Lipinski definition) is 1. The molecule has 2 nitrogen and oxygen atoms in total. The van der Waals surface area contributed by atoms with E-state index in [9.17, 15) is 0 Å². The SMILES string of the molecule is COc1ccc2c(c1)[C@H](CN)CCC2. The van der Waals surface area contributed by atoms with E-state index < -0.39 is 0 Å². The summed E-state index contributed by atoms with van der Waals surface area (Å²) >= 11 is 0. The molecule has 0 unspecified atom stereocenters. The summed E-state index contributed by atoms with van der Waals surface area (Å²) in [6, 6.07) is 6.36. The van der Waals surface area contributed by atoms with Crippen LogP contribution in [0.5, 0.6) is 5.75 Å². The first-order chi connectivity index (χ1) is 6.85. The van der Waals surface area contributed by atoms with Crippen LogP contribution in [-0.2, 0) is 6.42 Å². The molecule has 0 heterocycles. The Labute approximate surface area is 85.1 Å². The minimum Gasteiger partial charge on any atom is -0.497 e. The highest BCUT2D eigenvalue weighted by Crippen LogP contribution is 2.33. The molecule has 0 saturated carbocycles.